The van der Waals surface area contributed by atoms with E-state index in [1.807, 2.05) is 19.9 Å². The van der Waals surface area contributed by atoms with Crippen LogP contribution >= 0.6 is 0 Å². The molecule has 0 bridgehead atoms. The number of carbonyl (C=O) groups is 1. The van der Waals surface area contributed by atoms with Gasteiger partial charge in [-0.15, -0.1) is 0 Å². The lowest BCUT2D eigenvalue weighted by Crippen LogP contribution is -2.56. The molecule has 1 saturated heterocycles. The van der Waals surface area contributed by atoms with Crippen LogP contribution in [-0.4, -0.2) is 38.8 Å². The molecule has 7 heteroatoms. The predicted molar refractivity (Wildman–Crippen MR) is 111 cm³/mol. The number of hydrogen-bond acceptors (Lipinski definition) is 4. The van der Waals surface area contributed by atoms with E-state index in [0.29, 0.717) is 13.0 Å². The third-order valence-electron chi connectivity index (χ3n) is 6.13. The maximum absolute atomic E-state index is 13.6. The number of allylic oxidation sites excluding steroid dienone is 2. The maximum atomic E-state index is 13.6. The third-order valence-corrected chi connectivity index (χ3v) is 10.1. The summed E-state index contributed by atoms with van der Waals surface area (Å²) in [7, 11) is -5.77. The van der Waals surface area contributed by atoms with E-state index in [1.165, 1.54) is 4.31 Å². The second kappa shape index (κ2) is 6.15. The highest BCUT2D eigenvalue weighted by Gasteiger charge is 2.67. The summed E-state index contributed by atoms with van der Waals surface area (Å²) in [6, 6.07) is 6.87. The van der Waals surface area contributed by atoms with Crippen LogP contribution in [-0.2, 0) is 19.6 Å². The number of ether oxygens (including phenoxy) is 1. The van der Waals surface area contributed by atoms with Crippen molar-refractivity contribution in [3.63, 3.8) is 0 Å². The van der Waals surface area contributed by atoms with Crippen molar-refractivity contribution in [3.05, 3.63) is 52.9 Å². The van der Waals surface area contributed by atoms with Crippen molar-refractivity contribution in [2.24, 2.45) is 11.8 Å². The molecule has 2 heterocycles. The Kier molecular flexibility index (Phi) is 4.30. The quantitative estimate of drug-likeness (QED) is 0.705. The molecule has 0 amide bonds. The first-order valence-electron chi connectivity index (χ1n) is 9.73. The van der Waals surface area contributed by atoms with E-state index in [9.17, 15) is 13.2 Å². The van der Waals surface area contributed by atoms with Gasteiger partial charge < -0.3 is 4.74 Å². The largest absolute Gasteiger partial charge is 0.475 e. The van der Waals surface area contributed by atoms with E-state index in [2.05, 4.69) is 19.6 Å². The molecule has 0 aromatic heterocycles. The fraction of sp³-hybridized carbons (Fsp3) is 0.476. The average molecular weight is 418 g/mol. The molecule has 0 saturated carbocycles. The van der Waals surface area contributed by atoms with Gasteiger partial charge >= 0.3 is 0 Å². The predicted octanol–water partition coefficient (Wildman–Crippen LogP) is 3.64. The first kappa shape index (κ1) is 19.6. The lowest BCUT2D eigenvalue weighted by molar-refractivity contribution is -0.134. The minimum atomic E-state index is -3.80. The zero-order valence-electron chi connectivity index (χ0n) is 17.0. The van der Waals surface area contributed by atoms with Gasteiger partial charge in [-0.05, 0) is 48.2 Å². The number of aryl methyl sites for hydroxylation is 1. The van der Waals surface area contributed by atoms with Gasteiger partial charge in [-0.2, -0.15) is 4.31 Å². The minimum Gasteiger partial charge on any atom is -0.475 e. The number of rotatable bonds is 3. The number of sulfonamides is 1. The van der Waals surface area contributed by atoms with Gasteiger partial charge in [0.1, 0.15) is 0 Å². The van der Waals surface area contributed by atoms with E-state index in [4.69, 9.17) is 4.74 Å². The van der Waals surface area contributed by atoms with Gasteiger partial charge in [-0.25, -0.2) is 8.42 Å². The summed E-state index contributed by atoms with van der Waals surface area (Å²) in [6.07, 6.45) is 4.01. The molecular weight excluding hydrogens is 390 g/mol. The first-order chi connectivity index (χ1) is 13.0. The number of Topliss-reactive ketones (excluding diaryl/α,β-unsaturated/α-hetero) is 1. The van der Waals surface area contributed by atoms with Gasteiger partial charge in [0.25, 0.3) is 0 Å². The Morgan fingerprint density at radius 3 is 2.43 bits per heavy atom. The Bertz CT molecular complexity index is 1000. The molecule has 3 aliphatic rings. The van der Waals surface area contributed by atoms with Crippen molar-refractivity contribution < 1.29 is 17.9 Å². The summed E-state index contributed by atoms with van der Waals surface area (Å²) in [5.41, 5.74) is 0.693. The molecule has 1 aromatic carbocycles. The summed E-state index contributed by atoms with van der Waals surface area (Å²) in [4.78, 5) is 13.7. The molecule has 1 unspecified atom stereocenters. The number of ketones is 1. The Morgan fingerprint density at radius 1 is 1.18 bits per heavy atom. The Balaban J connectivity index is 1.93. The zero-order chi connectivity index (χ0) is 20.5. The molecule has 150 valence electrons. The van der Waals surface area contributed by atoms with E-state index in [0.717, 1.165) is 16.3 Å². The molecule has 0 radical (unpaired) electrons. The number of benzene rings is 1. The molecule has 1 fully saturated rings. The maximum Gasteiger partial charge on any atom is 0.246 e. The second-order valence-corrected chi connectivity index (χ2v) is 15.9. The fourth-order valence-electron chi connectivity index (χ4n) is 4.97. The highest BCUT2D eigenvalue weighted by molar-refractivity contribution is 7.89. The fourth-order valence-corrected chi connectivity index (χ4v) is 8.77. The second-order valence-electron chi connectivity index (χ2n) is 9.09. The monoisotopic (exact) mass is 417 g/mol. The van der Waals surface area contributed by atoms with Crippen LogP contribution in [0.1, 0.15) is 18.9 Å². The zero-order valence-corrected chi connectivity index (χ0v) is 18.8. The number of nitrogens with zero attached hydrogens (tertiary/aromatic N) is 1. The number of carbonyl (C=O) groups excluding carboxylic acids is 1. The summed E-state index contributed by atoms with van der Waals surface area (Å²) >= 11 is 0. The highest BCUT2D eigenvalue weighted by Crippen LogP contribution is 2.56. The molecule has 4 rings (SSSR count). The molecule has 5 nitrogen and oxygen atoms in total. The Hall–Kier alpha value is -1.70. The van der Waals surface area contributed by atoms with Crippen LogP contribution in [0, 0.1) is 18.8 Å². The van der Waals surface area contributed by atoms with Crippen molar-refractivity contribution >= 4 is 23.9 Å². The summed E-state index contributed by atoms with van der Waals surface area (Å²) in [6.45, 7) is 10.7. The Morgan fingerprint density at radius 2 is 1.82 bits per heavy atom. The highest BCUT2D eigenvalue weighted by atomic mass is 32.2. The molecule has 28 heavy (non-hydrogen) atoms. The minimum absolute atomic E-state index is 0.0785. The van der Waals surface area contributed by atoms with Crippen LogP contribution in [0.2, 0.25) is 19.6 Å². The summed E-state index contributed by atoms with van der Waals surface area (Å²) < 4.78 is 34.8. The van der Waals surface area contributed by atoms with E-state index >= 15 is 0 Å². The van der Waals surface area contributed by atoms with Gasteiger partial charge in [0.05, 0.1) is 25.1 Å². The van der Waals surface area contributed by atoms with Crippen LogP contribution < -0.4 is 0 Å². The number of hydrogen-bond donors (Lipinski definition) is 0. The van der Waals surface area contributed by atoms with Gasteiger partial charge in [-0.1, -0.05) is 44.3 Å². The molecule has 3 atom stereocenters. The third kappa shape index (κ3) is 2.52. The lowest BCUT2D eigenvalue weighted by Gasteiger charge is -2.43. The van der Waals surface area contributed by atoms with Crippen LogP contribution in [0.25, 0.3) is 0 Å². The molecular formula is C21H27NO4SSi. The topological polar surface area (TPSA) is 63.7 Å². The van der Waals surface area contributed by atoms with E-state index < -0.39 is 29.7 Å². The van der Waals surface area contributed by atoms with Gasteiger partial charge in [0.15, 0.2) is 5.78 Å². The molecule has 1 spiro atoms. The summed E-state index contributed by atoms with van der Waals surface area (Å²) in [5, 5.41) is 0.870. The standard InChI is InChI=1S/C21H27NO4SSi/c1-14-6-8-16(9-7-14)27(24,25)22-12-10-17-20(28(3,4)5)19(23)18-15(2)11-13-26-21(17,18)22/h6-9,11,13,15,18H,10,12H2,1-5H3/t15?,18-,21+/m1/s1. The normalized spacial score (nSPS) is 30.4. The van der Waals surface area contributed by atoms with Crippen molar-refractivity contribution in [1.82, 2.24) is 4.31 Å². The Labute approximate surface area is 168 Å². The molecule has 1 aliphatic carbocycles. The average Bonchev–Trinajstić information content (AvgIpc) is 3.05. The lowest BCUT2D eigenvalue weighted by atomic mass is 9.82. The van der Waals surface area contributed by atoms with Crippen LogP contribution in [0.3, 0.4) is 0 Å². The van der Waals surface area contributed by atoms with Crippen molar-refractivity contribution in [2.75, 3.05) is 6.54 Å². The van der Waals surface area contributed by atoms with Crippen molar-refractivity contribution in [3.8, 4) is 0 Å². The molecule has 0 N–H and O–H groups in total. The first-order valence-corrected chi connectivity index (χ1v) is 14.7. The SMILES string of the molecule is Cc1ccc(S(=O)(=O)N2CCC3=C([Si](C)(C)C)C(=O)[C@H]4C(C)C=CO[C@@]342)cc1. The van der Waals surface area contributed by atoms with E-state index in [-0.39, 0.29) is 16.6 Å². The van der Waals surface area contributed by atoms with Crippen molar-refractivity contribution in [2.45, 2.75) is 50.5 Å². The van der Waals surface area contributed by atoms with Gasteiger partial charge in [-0.3, -0.25) is 4.79 Å². The van der Waals surface area contributed by atoms with E-state index in [1.54, 1.807) is 30.5 Å². The van der Waals surface area contributed by atoms with Crippen LogP contribution in [0.5, 0.6) is 0 Å². The van der Waals surface area contributed by atoms with Crippen molar-refractivity contribution in [1.29, 1.82) is 0 Å². The molecule has 1 aromatic rings. The van der Waals surface area contributed by atoms with Gasteiger partial charge in [0, 0.05) is 6.54 Å². The summed E-state index contributed by atoms with van der Waals surface area (Å²) in [5.74, 6) is -0.523. The smallest absolute Gasteiger partial charge is 0.246 e. The van der Waals surface area contributed by atoms with Crippen LogP contribution in [0.15, 0.2) is 52.3 Å². The molecule has 2 aliphatic heterocycles. The van der Waals surface area contributed by atoms with Gasteiger partial charge in [0.2, 0.25) is 15.7 Å². The van der Waals surface area contributed by atoms with Crippen LogP contribution in [0.4, 0.5) is 0 Å².